The Bertz CT molecular complexity index is 914. The number of alkyl halides is 3. The minimum Gasteiger partial charge on any atom is -0.464 e. The molecule has 0 radical (unpaired) electrons. The predicted molar refractivity (Wildman–Crippen MR) is 102 cm³/mol. The summed E-state index contributed by atoms with van der Waals surface area (Å²) in [7, 11) is -4.44. The fourth-order valence-corrected chi connectivity index (χ4v) is 5.52. The number of sulfone groups is 1. The minimum absolute atomic E-state index is 0.0387. The number of ether oxygens (including phenoxy) is 1. The fourth-order valence-electron chi connectivity index (χ4n) is 3.20. The number of esters is 1. The van der Waals surface area contributed by atoms with E-state index in [4.69, 9.17) is 17.0 Å². The third-order valence-electron chi connectivity index (χ3n) is 4.48. The second-order valence-electron chi connectivity index (χ2n) is 6.59. The molecule has 0 spiro atoms. The zero-order chi connectivity index (χ0) is 22.0. The van der Waals surface area contributed by atoms with E-state index in [1.165, 1.54) is 17.9 Å². The molecule has 0 amide bonds. The molecule has 1 aromatic rings. The standard InChI is InChI=1S/C18H20F3NO5S2/c1-3-27-17(24)14-9-12(10-22(14)16(28)8-11(2)23)29(25,26)15-7-5-4-6-13(15)18(19,20)21/h4-7,12,14H,3,8-10H2,1-2H3/t12-,14?/m1/s1. The maximum atomic E-state index is 13.3. The third-order valence-corrected chi connectivity index (χ3v) is 7.05. The van der Waals surface area contributed by atoms with E-state index in [1.807, 2.05) is 0 Å². The molecule has 1 heterocycles. The van der Waals surface area contributed by atoms with Crippen molar-refractivity contribution in [2.24, 2.45) is 0 Å². The number of hydrogen-bond donors (Lipinski definition) is 0. The van der Waals surface area contributed by atoms with Gasteiger partial charge in [0.2, 0.25) is 0 Å². The first kappa shape index (κ1) is 23.3. The molecule has 0 saturated carbocycles. The summed E-state index contributed by atoms with van der Waals surface area (Å²) in [5, 5.41) is -1.31. The number of nitrogens with zero attached hydrogens (tertiary/aromatic N) is 1. The van der Waals surface area contributed by atoms with Crippen LogP contribution in [0.1, 0.15) is 32.3 Å². The molecule has 1 fully saturated rings. The van der Waals surface area contributed by atoms with E-state index in [-0.39, 0.29) is 36.8 Å². The topological polar surface area (TPSA) is 80.8 Å². The number of carbonyl (C=O) groups is 2. The van der Waals surface area contributed by atoms with Gasteiger partial charge in [-0.1, -0.05) is 24.4 Å². The Kier molecular flexibility index (Phi) is 7.05. The van der Waals surface area contributed by atoms with E-state index in [0.717, 1.165) is 12.1 Å². The molecule has 0 aromatic heterocycles. The van der Waals surface area contributed by atoms with E-state index < -0.39 is 43.7 Å². The van der Waals surface area contributed by atoms with Crippen LogP contribution in [0.15, 0.2) is 29.2 Å². The molecule has 0 bridgehead atoms. The number of rotatable bonds is 6. The molecule has 2 rings (SSSR count). The van der Waals surface area contributed by atoms with Crippen molar-refractivity contribution in [2.45, 2.75) is 49.1 Å². The van der Waals surface area contributed by atoms with Gasteiger partial charge in [0.15, 0.2) is 9.84 Å². The summed E-state index contributed by atoms with van der Waals surface area (Å²) in [6, 6.07) is 2.82. The Hall–Kier alpha value is -2.01. The highest BCUT2D eigenvalue weighted by atomic mass is 32.2. The molecule has 11 heteroatoms. The predicted octanol–water partition coefficient (Wildman–Crippen LogP) is 2.79. The lowest BCUT2D eigenvalue weighted by Gasteiger charge is -2.25. The second kappa shape index (κ2) is 8.78. The Labute approximate surface area is 171 Å². The van der Waals surface area contributed by atoms with Crippen molar-refractivity contribution in [3.8, 4) is 0 Å². The number of likely N-dealkylation sites (tertiary alicyclic amines) is 1. The van der Waals surface area contributed by atoms with Gasteiger partial charge in [-0.05, 0) is 32.4 Å². The molecule has 1 aliphatic heterocycles. The van der Waals surface area contributed by atoms with Gasteiger partial charge in [-0.25, -0.2) is 13.2 Å². The lowest BCUT2D eigenvalue weighted by molar-refractivity contribution is -0.147. The van der Waals surface area contributed by atoms with Crippen molar-refractivity contribution >= 4 is 38.8 Å². The van der Waals surface area contributed by atoms with Crippen LogP contribution in [0.4, 0.5) is 13.2 Å². The summed E-state index contributed by atoms with van der Waals surface area (Å²) >= 11 is 5.17. The van der Waals surface area contributed by atoms with Crippen molar-refractivity contribution in [3.05, 3.63) is 29.8 Å². The van der Waals surface area contributed by atoms with Crippen molar-refractivity contribution in [1.82, 2.24) is 4.90 Å². The molecular weight excluding hydrogens is 431 g/mol. The van der Waals surface area contributed by atoms with Crippen LogP contribution in [-0.4, -0.2) is 54.5 Å². The van der Waals surface area contributed by atoms with Gasteiger partial charge in [0.05, 0.1) is 33.7 Å². The summed E-state index contributed by atoms with van der Waals surface area (Å²) < 4.78 is 71.0. The molecule has 1 unspecified atom stereocenters. The summed E-state index contributed by atoms with van der Waals surface area (Å²) in [6.45, 7) is 2.59. The third kappa shape index (κ3) is 5.13. The van der Waals surface area contributed by atoms with Crippen LogP contribution in [0.5, 0.6) is 0 Å². The van der Waals surface area contributed by atoms with E-state index in [2.05, 4.69) is 0 Å². The van der Waals surface area contributed by atoms with E-state index >= 15 is 0 Å². The maximum absolute atomic E-state index is 13.3. The molecular formula is C18H20F3NO5S2. The second-order valence-corrected chi connectivity index (χ2v) is 9.26. The Morgan fingerprint density at radius 1 is 1.28 bits per heavy atom. The molecule has 1 saturated heterocycles. The van der Waals surface area contributed by atoms with E-state index in [9.17, 15) is 31.2 Å². The number of carbonyl (C=O) groups excluding carboxylic acids is 2. The zero-order valence-electron chi connectivity index (χ0n) is 15.7. The van der Waals surface area contributed by atoms with Crippen LogP contribution in [-0.2, 0) is 30.3 Å². The van der Waals surface area contributed by atoms with Crippen LogP contribution in [0, 0.1) is 0 Å². The SMILES string of the molecule is CCOC(=O)C1C[C@@H](S(=O)(=O)c2ccccc2C(F)(F)F)CN1C(=S)CC(C)=O. The molecule has 0 N–H and O–H groups in total. The molecule has 1 aromatic carbocycles. The van der Waals surface area contributed by atoms with Gasteiger partial charge in [0.1, 0.15) is 11.8 Å². The van der Waals surface area contributed by atoms with Gasteiger partial charge in [-0.3, -0.25) is 4.79 Å². The van der Waals surface area contributed by atoms with Crippen LogP contribution in [0.3, 0.4) is 0 Å². The summed E-state index contributed by atoms with van der Waals surface area (Å²) in [5.74, 6) is -1.02. The van der Waals surface area contributed by atoms with E-state index in [1.54, 1.807) is 6.92 Å². The largest absolute Gasteiger partial charge is 0.464 e. The average molecular weight is 451 g/mol. The number of halogens is 3. The minimum atomic E-state index is -4.85. The Balaban J connectivity index is 2.43. The van der Waals surface area contributed by atoms with Gasteiger partial charge in [-0.15, -0.1) is 0 Å². The van der Waals surface area contributed by atoms with Crippen LogP contribution in [0.2, 0.25) is 0 Å². The summed E-state index contributed by atoms with van der Waals surface area (Å²) in [4.78, 5) is 24.2. The molecule has 0 aliphatic carbocycles. The summed E-state index contributed by atoms with van der Waals surface area (Å²) in [5.41, 5.74) is -1.27. The van der Waals surface area contributed by atoms with Crippen molar-refractivity contribution in [1.29, 1.82) is 0 Å². The van der Waals surface area contributed by atoms with E-state index in [0.29, 0.717) is 6.07 Å². The Morgan fingerprint density at radius 2 is 1.90 bits per heavy atom. The molecule has 1 aliphatic rings. The highest BCUT2D eigenvalue weighted by Gasteiger charge is 2.47. The molecule has 2 atom stereocenters. The Morgan fingerprint density at radius 3 is 2.45 bits per heavy atom. The van der Waals surface area contributed by atoms with Gasteiger partial charge in [0.25, 0.3) is 0 Å². The highest BCUT2D eigenvalue weighted by molar-refractivity contribution is 7.92. The van der Waals surface area contributed by atoms with Gasteiger partial charge < -0.3 is 9.64 Å². The van der Waals surface area contributed by atoms with Crippen LogP contribution >= 0.6 is 12.2 Å². The van der Waals surface area contributed by atoms with Gasteiger partial charge in [0, 0.05) is 6.54 Å². The van der Waals surface area contributed by atoms with Crippen molar-refractivity contribution < 1.29 is 35.9 Å². The first-order valence-corrected chi connectivity index (χ1v) is 10.7. The first-order valence-electron chi connectivity index (χ1n) is 8.75. The number of Topliss-reactive ketones (excluding diaryl/α,β-unsaturated/α-hetero) is 1. The smallest absolute Gasteiger partial charge is 0.417 e. The number of thiocarbonyl (C=S) groups is 1. The molecule has 6 nitrogen and oxygen atoms in total. The molecule has 160 valence electrons. The summed E-state index contributed by atoms with van der Waals surface area (Å²) in [6.07, 6.45) is -5.32. The van der Waals surface area contributed by atoms with Gasteiger partial charge >= 0.3 is 12.1 Å². The first-order chi connectivity index (χ1) is 13.4. The highest BCUT2D eigenvalue weighted by Crippen LogP contribution is 2.37. The van der Waals surface area contributed by atoms with Crippen LogP contribution in [0.25, 0.3) is 0 Å². The molecule has 29 heavy (non-hydrogen) atoms. The average Bonchev–Trinajstić information content (AvgIpc) is 3.07. The van der Waals surface area contributed by atoms with Crippen molar-refractivity contribution in [3.63, 3.8) is 0 Å². The lowest BCUT2D eigenvalue weighted by Crippen LogP contribution is -2.41. The van der Waals surface area contributed by atoms with Crippen LogP contribution < -0.4 is 0 Å². The number of hydrogen-bond acceptors (Lipinski definition) is 6. The van der Waals surface area contributed by atoms with Crippen molar-refractivity contribution in [2.75, 3.05) is 13.2 Å². The number of ketones is 1. The monoisotopic (exact) mass is 451 g/mol. The fraction of sp³-hybridized carbons (Fsp3) is 0.500. The van der Waals surface area contributed by atoms with Gasteiger partial charge in [-0.2, -0.15) is 13.2 Å². The number of benzene rings is 1. The quantitative estimate of drug-likeness (QED) is 0.486. The normalized spacial score (nSPS) is 19.8. The maximum Gasteiger partial charge on any atom is 0.417 e. The zero-order valence-corrected chi connectivity index (χ0v) is 17.4. The lowest BCUT2D eigenvalue weighted by atomic mass is 10.2.